The first-order valence-electron chi connectivity index (χ1n) is 9.51. The minimum atomic E-state index is -1.03. The summed E-state index contributed by atoms with van der Waals surface area (Å²) in [5.41, 5.74) is 3.68. The largest absolute Gasteiger partial charge is 0.432 e. The zero-order chi connectivity index (χ0) is 20.9. The van der Waals surface area contributed by atoms with Crippen LogP contribution >= 0.6 is 0 Å². The summed E-state index contributed by atoms with van der Waals surface area (Å²) in [4.78, 5) is 31.6. The Morgan fingerprint density at radius 2 is 2.13 bits per heavy atom. The van der Waals surface area contributed by atoms with Gasteiger partial charge >= 0.3 is 5.97 Å². The average Bonchev–Trinajstić information content (AvgIpc) is 3.37. The number of aromatic nitrogens is 4. The number of carbonyl (C=O) groups excluding carboxylic acids is 2. The predicted molar refractivity (Wildman–Crippen MR) is 109 cm³/mol. The number of nitrogens with zero attached hydrogens (tertiary/aromatic N) is 3. The standard InChI is InChI=1S/C21H19N5O4/c1-21(2)29-16(19(28)30-21)10-18(27)24-20-23-17-7-6-12(11-26(17)25-20)13-4-3-5-15-14(13)8-9-22-15/h3-9,11,16,22H,10H2,1-2H3,(H,24,25,27)/t16-/m0/s1. The van der Waals surface area contributed by atoms with E-state index >= 15 is 0 Å². The molecule has 1 atom stereocenters. The molecule has 1 amide bonds. The van der Waals surface area contributed by atoms with Crippen molar-refractivity contribution in [1.82, 2.24) is 19.6 Å². The van der Waals surface area contributed by atoms with Gasteiger partial charge in [-0.05, 0) is 29.8 Å². The van der Waals surface area contributed by atoms with Crippen LogP contribution in [-0.4, -0.2) is 43.3 Å². The Hall–Kier alpha value is -3.72. The molecule has 4 heterocycles. The molecule has 0 unspecified atom stereocenters. The number of cyclic esters (lactones) is 1. The third kappa shape index (κ3) is 3.29. The lowest BCUT2D eigenvalue weighted by Crippen LogP contribution is -2.26. The number of H-pyrrole nitrogens is 1. The van der Waals surface area contributed by atoms with Crippen LogP contribution in [0.25, 0.3) is 27.7 Å². The van der Waals surface area contributed by atoms with Crippen molar-refractivity contribution in [2.75, 3.05) is 5.32 Å². The molecule has 1 fully saturated rings. The number of fused-ring (bicyclic) bond motifs is 2. The molecule has 2 N–H and O–H groups in total. The van der Waals surface area contributed by atoms with Gasteiger partial charge in [-0.2, -0.15) is 4.98 Å². The van der Waals surface area contributed by atoms with E-state index in [1.54, 1.807) is 18.4 Å². The van der Waals surface area contributed by atoms with E-state index in [1.807, 2.05) is 48.8 Å². The Balaban J connectivity index is 1.36. The number of rotatable bonds is 4. The van der Waals surface area contributed by atoms with Gasteiger partial charge in [0.25, 0.3) is 0 Å². The molecule has 1 aliphatic heterocycles. The molecule has 0 aliphatic carbocycles. The second-order valence-corrected chi connectivity index (χ2v) is 7.58. The Morgan fingerprint density at radius 3 is 2.93 bits per heavy atom. The number of benzene rings is 1. The Labute approximate surface area is 171 Å². The first kappa shape index (κ1) is 18.3. The molecule has 9 heteroatoms. The maximum Gasteiger partial charge on any atom is 0.338 e. The summed E-state index contributed by atoms with van der Waals surface area (Å²) in [6, 6.07) is 11.9. The van der Waals surface area contributed by atoms with E-state index in [0.29, 0.717) is 5.65 Å². The van der Waals surface area contributed by atoms with E-state index < -0.39 is 23.8 Å². The van der Waals surface area contributed by atoms with Crippen LogP contribution in [0.5, 0.6) is 0 Å². The molecular weight excluding hydrogens is 386 g/mol. The van der Waals surface area contributed by atoms with Gasteiger partial charge < -0.3 is 14.5 Å². The van der Waals surface area contributed by atoms with Crippen molar-refractivity contribution in [2.24, 2.45) is 0 Å². The molecule has 1 aliphatic rings. The molecule has 0 radical (unpaired) electrons. The van der Waals surface area contributed by atoms with Crippen LogP contribution < -0.4 is 5.32 Å². The summed E-state index contributed by atoms with van der Waals surface area (Å²) in [5, 5.41) is 8.06. The van der Waals surface area contributed by atoms with Crippen LogP contribution in [0.15, 0.2) is 48.8 Å². The summed E-state index contributed by atoms with van der Waals surface area (Å²) >= 11 is 0. The van der Waals surface area contributed by atoms with E-state index in [9.17, 15) is 9.59 Å². The molecule has 152 valence electrons. The first-order valence-corrected chi connectivity index (χ1v) is 9.51. The van der Waals surface area contributed by atoms with E-state index in [4.69, 9.17) is 9.47 Å². The molecule has 0 spiro atoms. The molecule has 9 nitrogen and oxygen atoms in total. The molecule has 5 rings (SSSR count). The fourth-order valence-corrected chi connectivity index (χ4v) is 3.62. The zero-order valence-electron chi connectivity index (χ0n) is 16.4. The smallest absolute Gasteiger partial charge is 0.338 e. The molecule has 3 aromatic heterocycles. The van der Waals surface area contributed by atoms with Gasteiger partial charge in [-0.15, -0.1) is 5.10 Å². The second kappa shape index (κ2) is 6.67. The molecular formula is C21H19N5O4. The van der Waals surface area contributed by atoms with Crippen molar-refractivity contribution in [1.29, 1.82) is 0 Å². The fraction of sp³-hybridized carbons (Fsp3) is 0.238. The van der Waals surface area contributed by atoms with Gasteiger partial charge in [0.1, 0.15) is 0 Å². The van der Waals surface area contributed by atoms with E-state index in [1.165, 1.54) is 0 Å². The van der Waals surface area contributed by atoms with Gasteiger partial charge in [-0.1, -0.05) is 12.1 Å². The van der Waals surface area contributed by atoms with E-state index in [2.05, 4.69) is 20.4 Å². The Bertz CT molecular complexity index is 1290. The van der Waals surface area contributed by atoms with Crippen molar-refractivity contribution in [3.63, 3.8) is 0 Å². The van der Waals surface area contributed by atoms with Crippen LogP contribution in [0.4, 0.5) is 5.95 Å². The van der Waals surface area contributed by atoms with Gasteiger partial charge in [-0.3, -0.25) is 10.1 Å². The number of hydrogen-bond donors (Lipinski definition) is 2. The summed E-state index contributed by atoms with van der Waals surface area (Å²) < 4.78 is 12.1. The monoisotopic (exact) mass is 405 g/mol. The highest BCUT2D eigenvalue weighted by Gasteiger charge is 2.42. The zero-order valence-corrected chi connectivity index (χ0v) is 16.4. The number of hydrogen-bond acceptors (Lipinski definition) is 6. The molecule has 1 aromatic carbocycles. The van der Waals surface area contributed by atoms with Gasteiger partial charge in [-0.25, -0.2) is 9.31 Å². The average molecular weight is 405 g/mol. The summed E-state index contributed by atoms with van der Waals surface area (Å²) in [7, 11) is 0. The fourth-order valence-electron chi connectivity index (χ4n) is 3.62. The predicted octanol–water partition coefficient (Wildman–Crippen LogP) is 2.88. The summed E-state index contributed by atoms with van der Waals surface area (Å²) in [6.07, 6.45) is 2.66. The number of ether oxygens (including phenoxy) is 2. The Kier molecular flexibility index (Phi) is 4.07. The highest BCUT2D eigenvalue weighted by atomic mass is 16.8. The molecule has 1 saturated heterocycles. The number of esters is 1. The minimum absolute atomic E-state index is 0.155. The van der Waals surface area contributed by atoms with Crippen LogP contribution in [-0.2, 0) is 19.1 Å². The van der Waals surface area contributed by atoms with Crippen LogP contribution in [0.1, 0.15) is 20.3 Å². The quantitative estimate of drug-likeness (QED) is 0.505. The van der Waals surface area contributed by atoms with Crippen molar-refractivity contribution >= 4 is 34.4 Å². The highest BCUT2D eigenvalue weighted by molar-refractivity contribution is 5.95. The minimum Gasteiger partial charge on any atom is -0.432 e. The SMILES string of the molecule is CC1(C)OC(=O)[C@H](CC(=O)Nc2nc3ccc(-c4cccc5[nH]ccc45)cn3n2)O1. The highest BCUT2D eigenvalue weighted by Crippen LogP contribution is 2.28. The van der Waals surface area contributed by atoms with E-state index in [-0.39, 0.29) is 12.4 Å². The number of pyridine rings is 1. The topological polar surface area (TPSA) is 111 Å². The third-order valence-corrected chi connectivity index (χ3v) is 4.89. The lowest BCUT2D eigenvalue weighted by Gasteiger charge is -2.14. The third-order valence-electron chi connectivity index (χ3n) is 4.89. The second-order valence-electron chi connectivity index (χ2n) is 7.58. The van der Waals surface area contributed by atoms with Crippen LogP contribution in [0.2, 0.25) is 0 Å². The van der Waals surface area contributed by atoms with Crippen molar-refractivity contribution in [3.05, 3.63) is 48.8 Å². The van der Waals surface area contributed by atoms with Crippen molar-refractivity contribution in [3.8, 4) is 11.1 Å². The van der Waals surface area contributed by atoms with Crippen molar-refractivity contribution < 1.29 is 19.1 Å². The molecule has 0 saturated carbocycles. The lowest BCUT2D eigenvalue weighted by molar-refractivity contribution is -0.160. The molecule has 4 aromatic rings. The maximum atomic E-state index is 12.3. The van der Waals surface area contributed by atoms with Crippen LogP contribution in [0, 0.1) is 0 Å². The number of amides is 1. The summed E-state index contributed by atoms with van der Waals surface area (Å²) in [5.74, 6) is -1.85. The first-order chi connectivity index (χ1) is 14.4. The molecule has 0 bridgehead atoms. The normalized spacial score (nSPS) is 18.1. The maximum absolute atomic E-state index is 12.3. The van der Waals surface area contributed by atoms with Gasteiger partial charge in [0.2, 0.25) is 17.6 Å². The van der Waals surface area contributed by atoms with Gasteiger partial charge in [0, 0.05) is 42.7 Å². The van der Waals surface area contributed by atoms with Crippen LogP contribution in [0.3, 0.4) is 0 Å². The number of aromatic amines is 1. The lowest BCUT2D eigenvalue weighted by atomic mass is 10.0. The number of anilines is 1. The van der Waals surface area contributed by atoms with Gasteiger partial charge in [0.05, 0.1) is 6.42 Å². The number of carbonyl (C=O) groups is 2. The van der Waals surface area contributed by atoms with E-state index in [0.717, 1.165) is 22.0 Å². The Morgan fingerprint density at radius 1 is 1.27 bits per heavy atom. The molecule has 30 heavy (non-hydrogen) atoms. The summed E-state index contributed by atoms with van der Waals surface area (Å²) in [6.45, 7) is 3.25. The number of nitrogens with one attached hydrogen (secondary N) is 2. The van der Waals surface area contributed by atoms with Gasteiger partial charge in [0.15, 0.2) is 11.8 Å². The van der Waals surface area contributed by atoms with Crippen molar-refractivity contribution in [2.45, 2.75) is 32.2 Å².